The van der Waals surface area contributed by atoms with E-state index in [2.05, 4.69) is 51.9 Å². The second-order valence-electron chi connectivity index (χ2n) is 5.58. The van der Waals surface area contributed by atoms with E-state index in [-0.39, 0.29) is 0 Å². The first-order valence-corrected chi connectivity index (χ1v) is 6.30. The van der Waals surface area contributed by atoms with Crippen LogP contribution in [0, 0.1) is 5.41 Å². The predicted molar refractivity (Wildman–Crippen MR) is 69.3 cm³/mol. The Morgan fingerprint density at radius 2 is 1.80 bits per heavy atom. The van der Waals surface area contributed by atoms with Crippen molar-refractivity contribution in [1.82, 2.24) is 10.2 Å². The van der Waals surface area contributed by atoms with E-state index in [1.165, 1.54) is 19.4 Å². The minimum Gasteiger partial charge on any atom is -0.317 e. The summed E-state index contributed by atoms with van der Waals surface area (Å²) in [5.41, 5.74) is 0.385. The average molecular weight is 214 g/mol. The highest BCUT2D eigenvalue weighted by Gasteiger charge is 2.23. The van der Waals surface area contributed by atoms with E-state index in [0.29, 0.717) is 11.5 Å². The fourth-order valence-corrected chi connectivity index (χ4v) is 1.64. The molecule has 0 spiro atoms. The Morgan fingerprint density at radius 1 is 1.20 bits per heavy atom. The molecule has 2 nitrogen and oxygen atoms in total. The lowest BCUT2D eigenvalue weighted by atomic mass is 9.87. The molecule has 0 heterocycles. The fraction of sp³-hybridized carbons (Fsp3) is 1.00. The van der Waals surface area contributed by atoms with E-state index in [0.717, 1.165) is 13.1 Å². The maximum absolute atomic E-state index is 3.36. The predicted octanol–water partition coefficient (Wildman–Crippen LogP) is 2.74. The third kappa shape index (κ3) is 6.91. The lowest BCUT2D eigenvalue weighted by Gasteiger charge is -2.35. The number of rotatable bonds is 7. The lowest BCUT2D eigenvalue weighted by Crippen LogP contribution is -2.39. The maximum atomic E-state index is 3.36. The highest BCUT2D eigenvalue weighted by atomic mass is 15.1. The summed E-state index contributed by atoms with van der Waals surface area (Å²) in [5, 5.41) is 3.36. The van der Waals surface area contributed by atoms with Gasteiger partial charge in [-0.15, -0.1) is 0 Å². The van der Waals surface area contributed by atoms with Crippen LogP contribution in [0.25, 0.3) is 0 Å². The van der Waals surface area contributed by atoms with Crippen molar-refractivity contribution >= 4 is 0 Å². The second kappa shape index (κ2) is 7.24. The molecule has 0 aromatic heterocycles. The molecule has 0 amide bonds. The lowest BCUT2D eigenvalue weighted by molar-refractivity contribution is 0.139. The first-order valence-electron chi connectivity index (χ1n) is 6.30. The first kappa shape index (κ1) is 14.9. The highest BCUT2D eigenvalue weighted by Crippen LogP contribution is 2.22. The van der Waals surface area contributed by atoms with Crippen molar-refractivity contribution in [2.45, 2.75) is 53.5 Å². The normalized spacial score (nSPS) is 14.6. The molecule has 0 aliphatic rings. The molecule has 0 fully saturated rings. The van der Waals surface area contributed by atoms with Crippen LogP contribution in [-0.4, -0.2) is 37.6 Å². The molecule has 0 saturated carbocycles. The summed E-state index contributed by atoms with van der Waals surface area (Å²) in [6, 6.07) is 0.650. The van der Waals surface area contributed by atoms with Crippen LogP contribution in [0.3, 0.4) is 0 Å². The van der Waals surface area contributed by atoms with E-state index in [1.54, 1.807) is 0 Å². The molecule has 0 aromatic carbocycles. The third-order valence-corrected chi connectivity index (χ3v) is 3.28. The van der Waals surface area contributed by atoms with Crippen LogP contribution in [0.5, 0.6) is 0 Å². The summed E-state index contributed by atoms with van der Waals surface area (Å²) in [4.78, 5) is 2.48. The van der Waals surface area contributed by atoms with Gasteiger partial charge in [0.1, 0.15) is 0 Å². The minimum absolute atomic E-state index is 0.385. The van der Waals surface area contributed by atoms with Gasteiger partial charge < -0.3 is 10.2 Å². The summed E-state index contributed by atoms with van der Waals surface area (Å²) in [7, 11) is 2.24. The Kier molecular flexibility index (Phi) is 7.20. The van der Waals surface area contributed by atoms with Gasteiger partial charge in [0.15, 0.2) is 0 Å². The molecule has 1 N–H and O–H groups in total. The third-order valence-electron chi connectivity index (χ3n) is 3.28. The zero-order valence-electron chi connectivity index (χ0n) is 11.6. The molecule has 1 unspecified atom stereocenters. The van der Waals surface area contributed by atoms with Crippen molar-refractivity contribution in [2.24, 2.45) is 5.41 Å². The van der Waals surface area contributed by atoms with Gasteiger partial charge in [0, 0.05) is 6.04 Å². The topological polar surface area (TPSA) is 15.3 Å². The van der Waals surface area contributed by atoms with Crippen LogP contribution < -0.4 is 5.32 Å². The number of hydrogen-bond acceptors (Lipinski definition) is 2. The summed E-state index contributed by atoms with van der Waals surface area (Å²) in [5.74, 6) is 0. The van der Waals surface area contributed by atoms with Crippen LogP contribution in [0.4, 0.5) is 0 Å². The summed E-state index contributed by atoms with van der Waals surface area (Å²) in [6.45, 7) is 14.9. The van der Waals surface area contributed by atoms with E-state index in [9.17, 15) is 0 Å². The van der Waals surface area contributed by atoms with E-state index in [1.807, 2.05) is 0 Å². The Balaban J connectivity index is 3.60. The molecule has 0 bridgehead atoms. The van der Waals surface area contributed by atoms with Gasteiger partial charge in [-0.2, -0.15) is 0 Å². The van der Waals surface area contributed by atoms with Crippen LogP contribution >= 0.6 is 0 Å². The Hall–Kier alpha value is -0.0800. The molecule has 0 saturated heterocycles. The molecule has 92 valence electrons. The van der Waals surface area contributed by atoms with Crippen molar-refractivity contribution in [3.63, 3.8) is 0 Å². The maximum Gasteiger partial charge on any atom is 0.0112 e. The highest BCUT2D eigenvalue weighted by molar-refractivity contribution is 4.77. The van der Waals surface area contributed by atoms with Crippen molar-refractivity contribution in [3.05, 3.63) is 0 Å². The number of nitrogens with one attached hydrogen (secondary N) is 1. The molecular weight excluding hydrogens is 184 g/mol. The van der Waals surface area contributed by atoms with Gasteiger partial charge >= 0.3 is 0 Å². The molecular formula is C13H30N2. The zero-order valence-corrected chi connectivity index (χ0v) is 11.6. The van der Waals surface area contributed by atoms with Gasteiger partial charge in [-0.05, 0) is 51.9 Å². The minimum atomic E-state index is 0.385. The van der Waals surface area contributed by atoms with Gasteiger partial charge in [-0.3, -0.25) is 0 Å². The van der Waals surface area contributed by atoms with Gasteiger partial charge in [-0.1, -0.05) is 27.7 Å². The molecule has 0 aliphatic carbocycles. The Bertz CT molecular complexity index is 149. The number of hydrogen-bond donors (Lipinski definition) is 1. The van der Waals surface area contributed by atoms with Crippen LogP contribution in [0.1, 0.15) is 47.5 Å². The van der Waals surface area contributed by atoms with Gasteiger partial charge in [0.2, 0.25) is 0 Å². The molecule has 0 aliphatic heterocycles. The standard InChI is InChI=1S/C13H30N2/c1-7-14-10-8-9-11-15(6)12(2)13(3,4)5/h12,14H,7-11H2,1-6H3. The first-order chi connectivity index (χ1) is 6.89. The smallest absolute Gasteiger partial charge is 0.0112 e. The summed E-state index contributed by atoms with van der Waals surface area (Å²) < 4.78 is 0. The largest absolute Gasteiger partial charge is 0.317 e. The molecule has 0 aromatic rings. The van der Waals surface area contributed by atoms with Gasteiger partial charge in [0.25, 0.3) is 0 Å². The summed E-state index contributed by atoms with van der Waals surface area (Å²) >= 11 is 0. The van der Waals surface area contributed by atoms with Crippen molar-refractivity contribution in [2.75, 3.05) is 26.7 Å². The van der Waals surface area contributed by atoms with Crippen molar-refractivity contribution in [1.29, 1.82) is 0 Å². The number of nitrogens with zero attached hydrogens (tertiary/aromatic N) is 1. The van der Waals surface area contributed by atoms with Crippen LogP contribution in [0.2, 0.25) is 0 Å². The molecule has 15 heavy (non-hydrogen) atoms. The second-order valence-corrected chi connectivity index (χ2v) is 5.58. The van der Waals surface area contributed by atoms with Gasteiger partial charge in [0.05, 0.1) is 0 Å². The van der Waals surface area contributed by atoms with Crippen LogP contribution in [-0.2, 0) is 0 Å². The monoisotopic (exact) mass is 214 g/mol. The SMILES string of the molecule is CCNCCCCN(C)C(C)C(C)(C)C. The average Bonchev–Trinajstić information content (AvgIpc) is 2.14. The van der Waals surface area contributed by atoms with E-state index in [4.69, 9.17) is 0 Å². The Labute approximate surface area is 96.4 Å². The van der Waals surface area contributed by atoms with Crippen molar-refractivity contribution in [3.8, 4) is 0 Å². The molecule has 0 rings (SSSR count). The van der Waals surface area contributed by atoms with E-state index < -0.39 is 0 Å². The van der Waals surface area contributed by atoms with E-state index >= 15 is 0 Å². The Morgan fingerprint density at radius 3 is 2.27 bits per heavy atom. The molecule has 2 heteroatoms. The van der Waals surface area contributed by atoms with Gasteiger partial charge in [-0.25, -0.2) is 0 Å². The van der Waals surface area contributed by atoms with Crippen molar-refractivity contribution < 1.29 is 0 Å². The molecule has 0 radical (unpaired) electrons. The molecule has 1 atom stereocenters. The summed E-state index contributed by atoms with van der Waals surface area (Å²) in [6.07, 6.45) is 2.58. The quantitative estimate of drug-likeness (QED) is 0.656. The van der Waals surface area contributed by atoms with Crippen LogP contribution in [0.15, 0.2) is 0 Å². The number of unbranched alkanes of at least 4 members (excludes halogenated alkanes) is 1. The zero-order chi connectivity index (χ0) is 11.9. The fourth-order valence-electron chi connectivity index (χ4n) is 1.64.